The molecule has 4 nitrogen and oxygen atoms in total. The van der Waals surface area contributed by atoms with Crippen molar-refractivity contribution < 1.29 is 8.42 Å². The number of sulfonamides is 1. The molecule has 2 rings (SSSR count). The summed E-state index contributed by atoms with van der Waals surface area (Å²) in [5.41, 5.74) is 7.12. The number of benzene rings is 1. The van der Waals surface area contributed by atoms with Crippen molar-refractivity contribution in [1.82, 2.24) is 4.31 Å². The van der Waals surface area contributed by atoms with Gasteiger partial charge >= 0.3 is 0 Å². The van der Waals surface area contributed by atoms with Gasteiger partial charge in [-0.1, -0.05) is 30.3 Å². The number of rotatable bonds is 1. The van der Waals surface area contributed by atoms with Crippen LogP contribution in [-0.4, -0.2) is 26.3 Å². The van der Waals surface area contributed by atoms with Crippen molar-refractivity contribution in [2.45, 2.75) is 12.8 Å². The van der Waals surface area contributed by atoms with Gasteiger partial charge in [0.1, 0.15) is 0 Å². The minimum atomic E-state index is -3.36. The Morgan fingerprint density at radius 1 is 1.29 bits per heavy atom. The third-order valence-electron chi connectivity index (χ3n) is 2.98. The first-order valence-electron chi connectivity index (χ1n) is 5.54. The van der Waals surface area contributed by atoms with Crippen LogP contribution in [0.5, 0.6) is 0 Å². The molecule has 17 heavy (non-hydrogen) atoms. The summed E-state index contributed by atoms with van der Waals surface area (Å²) in [5.74, 6) is 0. The van der Waals surface area contributed by atoms with Gasteiger partial charge in [-0.3, -0.25) is 0 Å². The third-order valence-corrected chi connectivity index (χ3v) is 5.03. The van der Waals surface area contributed by atoms with Gasteiger partial charge in [0.2, 0.25) is 10.0 Å². The highest BCUT2D eigenvalue weighted by molar-refractivity contribution is 7.93. The largest absolute Gasteiger partial charge is 0.397 e. The van der Waals surface area contributed by atoms with E-state index in [-0.39, 0.29) is 0 Å². The Kier molecular flexibility index (Phi) is 3.22. The standard InChI is InChI=1S/C12H16N2O2S/c1-14-9-5-8-11(17(14,15)16)12(13)10-6-3-2-4-7-10/h2-4,6-7H,5,8-9,13H2,1H3/b12-11+. The van der Waals surface area contributed by atoms with Crippen LogP contribution in [0.15, 0.2) is 35.2 Å². The molecule has 1 aliphatic rings. The molecular weight excluding hydrogens is 236 g/mol. The molecule has 0 bridgehead atoms. The van der Waals surface area contributed by atoms with Crippen molar-refractivity contribution in [3.63, 3.8) is 0 Å². The highest BCUT2D eigenvalue weighted by atomic mass is 32.2. The van der Waals surface area contributed by atoms with Gasteiger partial charge in [-0.05, 0) is 18.4 Å². The molecule has 1 fully saturated rings. The van der Waals surface area contributed by atoms with E-state index in [4.69, 9.17) is 5.73 Å². The molecule has 0 spiro atoms. The molecule has 0 aliphatic carbocycles. The van der Waals surface area contributed by atoms with Gasteiger partial charge in [0.15, 0.2) is 0 Å². The normalized spacial score (nSPS) is 23.4. The maximum Gasteiger partial charge on any atom is 0.241 e. The summed E-state index contributed by atoms with van der Waals surface area (Å²) in [7, 11) is -1.77. The Balaban J connectivity index is 2.51. The maximum absolute atomic E-state index is 12.1. The summed E-state index contributed by atoms with van der Waals surface area (Å²) in [5, 5.41) is 0. The highest BCUT2D eigenvalue weighted by Crippen LogP contribution is 2.28. The molecule has 1 aromatic carbocycles. The Morgan fingerprint density at radius 2 is 1.94 bits per heavy atom. The number of nitrogens with zero attached hydrogens (tertiary/aromatic N) is 1. The Bertz CT molecular complexity index is 535. The van der Waals surface area contributed by atoms with Crippen molar-refractivity contribution in [3.05, 3.63) is 40.8 Å². The predicted molar refractivity (Wildman–Crippen MR) is 68.3 cm³/mol. The molecule has 0 saturated carbocycles. The lowest BCUT2D eigenvalue weighted by Crippen LogP contribution is -2.34. The fourth-order valence-electron chi connectivity index (χ4n) is 1.95. The van der Waals surface area contributed by atoms with E-state index in [0.717, 1.165) is 12.0 Å². The molecule has 1 heterocycles. The first-order chi connectivity index (χ1) is 8.03. The average molecular weight is 252 g/mol. The van der Waals surface area contributed by atoms with Crippen LogP contribution in [0.25, 0.3) is 5.70 Å². The van der Waals surface area contributed by atoms with Crippen molar-refractivity contribution in [2.24, 2.45) is 5.73 Å². The quantitative estimate of drug-likeness (QED) is 0.821. The van der Waals surface area contributed by atoms with Crippen molar-refractivity contribution in [1.29, 1.82) is 0 Å². The van der Waals surface area contributed by atoms with Gasteiger partial charge in [0.05, 0.1) is 10.6 Å². The molecule has 1 aromatic rings. The third kappa shape index (κ3) is 2.21. The van der Waals surface area contributed by atoms with Gasteiger partial charge in [0, 0.05) is 13.6 Å². The van der Waals surface area contributed by atoms with E-state index in [1.807, 2.05) is 30.3 Å². The molecule has 0 unspecified atom stereocenters. The zero-order chi connectivity index (χ0) is 12.5. The first-order valence-corrected chi connectivity index (χ1v) is 6.98. The van der Waals surface area contributed by atoms with Crippen LogP contribution in [0.3, 0.4) is 0 Å². The van der Waals surface area contributed by atoms with E-state index in [1.54, 1.807) is 7.05 Å². The second-order valence-corrected chi connectivity index (χ2v) is 6.20. The lowest BCUT2D eigenvalue weighted by atomic mass is 10.1. The monoisotopic (exact) mass is 252 g/mol. The zero-order valence-corrected chi connectivity index (χ0v) is 10.6. The van der Waals surface area contributed by atoms with Crippen LogP contribution in [0.2, 0.25) is 0 Å². The molecule has 1 aliphatic heterocycles. The lowest BCUT2D eigenvalue weighted by Gasteiger charge is -2.25. The number of hydrogen-bond donors (Lipinski definition) is 1. The first kappa shape index (κ1) is 12.1. The lowest BCUT2D eigenvalue weighted by molar-refractivity contribution is 0.449. The van der Waals surface area contributed by atoms with Crippen LogP contribution in [-0.2, 0) is 10.0 Å². The molecule has 1 saturated heterocycles. The van der Waals surface area contributed by atoms with Crippen LogP contribution >= 0.6 is 0 Å². The molecule has 0 radical (unpaired) electrons. The Morgan fingerprint density at radius 3 is 2.59 bits per heavy atom. The fourth-order valence-corrected chi connectivity index (χ4v) is 3.50. The minimum Gasteiger partial charge on any atom is -0.397 e. The molecular formula is C12H16N2O2S. The molecule has 92 valence electrons. The van der Waals surface area contributed by atoms with E-state index in [1.165, 1.54) is 4.31 Å². The number of allylic oxidation sites excluding steroid dienone is 1. The van der Waals surface area contributed by atoms with Gasteiger partial charge < -0.3 is 5.73 Å². The summed E-state index contributed by atoms with van der Waals surface area (Å²) in [4.78, 5) is 0.345. The SMILES string of the molecule is CN1CCC/C(=C(\N)c2ccccc2)S1(=O)=O. The Labute approximate surface area is 102 Å². The molecule has 5 heteroatoms. The summed E-state index contributed by atoms with van der Waals surface area (Å²) >= 11 is 0. The predicted octanol–water partition coefficient (Wildman–Crippen LogP) is 1.37. The molecule has 0 aromatic heterocycles. The van der Waals surface area contributed by atoms with E-state index in [2.05, 4.69) is 0 Å². The summed E-state index contributed by atoms with van der Waals surface area (Å²) in [6.07, 6.45) is 1.34. The number of hydrogen-bond acceptors (Lipinski definition) is 3. The van der Waals surface area contributed by atoms with Crippen molar-refractivity contribution in [2.75, 3.05) is 13.6 Å². The second kappa shape index (κ2) is 4.50. The van der Waals surface area contributed by atoms with Gasteiger partial charge in [-0.2, -0.15) is 0 Å². The fraction of sp³-hybridized carbons (Fsp3) is 0.333. The van der Waals surface area contributed by atoms with E-state index < -0.39 is 10.0 Å². The van der Waals surface area contributed by atoms with E-state index in [0.29, 0.717) is 23.6 Å². The van der Waals surface area contributed by atoms with Crippen LogP contribution in [0.1, 0.15) is 18.4 Å². The van der Waals surface area contributed by atoms with Crippen LogP contribution in [0.4, 0.5) is 0 Å². The van der Waals surface area contributed by atoms with Crippen LogP contribution < -0.4 is 5.73 Å². The topological polar surface area (TPSA) is 63.4 Å². The summed E-state index contributed by atoms with van der Waals surface area (Å²) in [6, 6.07) is 9.23. The minimum absolute atomic E-state index is 0.345. The van der Waals surface area contributed by atoms with Gasteiger partial charge in [-0.25, -0.2) is 12.7 Å². The van der Waals surface area contributed by atoms with E-state index >= 15 is 0 Å². The zero-order valence-electron chi connectivity index (χ0n) is 9.76. The summed E-state index contributed by atoms with van der Waals surface area (Å²) in [6.45, 7) is 0.563. The smallest absolute Gasteiger partial charge is 0.241 e. The van der Waals surface area contributed by atoms with E-state index in [9.17, 15) is 8.42 Å². The average Bonchev–Trinajstić information content (AvgIpc) is 2.33. The molecule has 0 atom stereocenters. The van der Waals surface area contributed by atoms with Crippen LogP contribution in [0, 0.1) is 0 Å². The van der Waals surface area contributed by atoms with Crippen molar-refractivity contribution >= 4 is 15.7 Å². The van der Waals surface area contributed by atoms with Gasteiger partial charge in [-0.15, -0.1) is 0 Å². The maximum atomic E-state index is 12.1. The Hall–Kier alpha value is -1.33. The number of nitrogens with two attached hydrogens (primary N) is 1. The van der Waals surface area contributed by atoms with Crippen molar-refractivity contribution in [3.8, 4) is 0 Å². The van der Waals surface area contributed by atoms with Gasteiger partial charge in [0.25, 0.3) is 0 Å². The molecule has 2 N–H and O–H groups in total. The second-order valence-electron chi connectivity index (χ2n) is 4.13. The molecule has 0 amide bonds. The summed E-state index contributed by atoms with van der Waals surface area (Å²) < 4.78 is 25.6. The highest BCUT2D eigenvalue weighted by Gasteiger charge is 2.30.